The van der Waals surface area contributed by atoms with Crippen LogP contribution < -0.4 is 20.2 Å². The Balaban J connectivity index is 1.41. The highest BCUT2D eigenvalue weighted by Gasteiger charge is 2.33. The third-order valence-electron chi connectivity index (χ3n) is 5.88. The van der Waals surface area contributed by atoms with Gasteiger partial charge >= 0.3 is 0 Å². The summed E-state index contributed by atoms with van der Waals surface area (Å²) in [5.74, 6) is -0.432. The number of ether oxygens (including phenoxy) is 2. The summed E-state index contributed by atoms with van der Waals surface area (Å²) in [7, 11) is 1.48. The molecule has 200 valence electrons. The number of hydrogen-bond donors (Lipinski definition) is 2. The fraction of sp³-hybridized carbons (Fsp3) is 0.143. The van der Waals surface area contributed by atoms with E-state index >= 15 is 0 Å². The van der Waals surface area contributed by atoms with E-state index in [1.807, 2.05) is 26.0 Å². The second-order valence-electron chi connectivity index (χ2n) is 8.42. The molecule has 0 atom stereocenters. The molecule has 0 aliphatic carbocycles. The largest absolute Gasteiger partial charge is 0.493 e. The molecule has 3 aromatic carbocycles. The molecule has 0 saturated carbocycles. The zero-order chi connectivity index (χ0) is 28.1. The van der Waals surface area contributed by atoms with Crippen LogP contribution in [-0.4, -0.2) is 40.8 Å². The van der Waals surface area contributed by atoms with Crippen molar-refractivity contribution in [1.82, 2.24) is 10.4 Å². The molecular formula is C28H24BrN3O5S2. The van der Waals surface area contributed by atoms with Crippen LogP contribution in [0.4, 0.5) is 5.69 Å². The van der Waals surface area contributed by atoms with E-state index in [1.54, 1.807) is 54.6 Å². The molecule has 4 rings (SSSR count). The minimum Gasteiger partial charge on any atom is -0.493 e. The molecule has 2 N–H and O–H groups in total. The van der Waals surface area contributed by atoms with E-state index < -0.39 is 11.8 Å². The van der Waals surface area contributed by atoms with Crippen molar-refractivity contribution in [3.8, 4) is 11.5 Å². The van der Waals surface area contributed by atoms with Gasteiger partial charge in [-0.3, -0.25) is 19.8 Å². The Bertz CT molecular complexity index is 1490. The van der Waals surface area contributed by atoms with E-state index in [2.05, 4.69) is 26.7 Å². The molecule has 3 amide bonds. The molecule has 1 fully saturated rings. The summed E-state index contributed by atoms with van der Waals surface area (Å²) in [6.07, 6.45) is 1.64. The average molecular weight is 627 g/mol. The normalized spacial score (nSPS) is 13.9. The minimum absolute atomic E-state index is 0.213. The van der Waals surface area contributed by atoms with Crippen LogP contribution in [0.25, 0.3) is 6.08 Å². The van der Waals surface area contributed by atoms with E-state index in [0.717, 1.165) is 32.4 Å². The lowest BCUT2D eigenvalue weighted by atomic mass is 10.1. The summed E-state index contributed by atoms with van der Waals surface area (Å²) in [6, 6.07) is 17.3. The van der Waals surface area contributed by atoms with E-state index in [1.165, 1.54) is 7.11 Å². The summed E-state index contributed by atoms with van der Waals surface area (Å²) in [5.41, 5.74) is 6.33. The number of amides is 3. The maximum Gasteiger partial charge on any atom is 0.285 e. The second kappa shape index (κ2) is 12.5. The maximum atomic E-state index is 12.9. The Labute approximate surface area is 243 Å². The highest BCUT2D eigenvalue weighted by atomic mass is 79.9. The number of methoxy groups -OCH3 is 1. The van der Waals surface area contributed by atoms with Gasteiger partial charge in [-0.25, -0.2) is 0 Å². The fourth-order valence-corrected chi connectivity index (χ4v) is 5.23. The molecule has 1 heterocycles. The van der Waals surface area contributed by atoms with Crippen molar-refractivity contribution in [2.45, 2.75) is 13.8 Å². The van der Waals surface area contributed by atoms with Gasteiger partial charge in [-0.05, 0) is 85.2 Å². The van der Waals surface area contributed by atoms with Gasteiger partial charge in [0.1, 0.15) is 0 Å². The molecule has 0 unspecified atom stereocenters. The summed E-state index contributed by atoms with van der Waals surface area (Å²) in [4.78, 5) is 38.3. The first-order valence-electron chi connectivity index (χ1n) is 11.7. The average Bonchev–Trinajstić information content (AvgIpc) is 3.20. The number of hydrogen-bond acceptors (Lipinski definition) is 7. The predicted molar refractivity (Wildman–Crippen MR) is 160 cm³/mol. The molecular weight excluding hydrogens is 602 g/mol. The van der Waals surface area contributed by atoms with Gasteiger partial charge in [0.05, 0.1) is 12.0 Å². The van der Waals surface area contributed by atoms with Crippen molar-refractivity contribution >= 4 is 73.7 Å². The third-order valence-corrected chi connectivity index (χ3v) is 8.04. The van der Waals surface area contributed by atoms with Crippen LogP contribution in [0.5, 0.6) is 11.5 Å². The van der Waals surface area contributed by atoms with Gasteiger partial charge in [-0.1, -0.05) is 52.0 Å². The van der Waals surface area contributed by atoms with Crippen LogP contribution in [0.1, 0.15) is 27.0 Å². The third kappa shape index (κ3) is 6.67. The van der Waals surface area contributed by atoms with E-state index in [4.69, 9.17) is 21.7 Å². The van der Waals surface area contributed by atoms with E-state index in [0.29, 0.717) is 33.2 Å². The molecule has 0 aromatic heterocycles. The van der Waals surface area contributed by atoms with Crippen molar-refractivity contribution in [1.29, 1.82) is 0 Å². The fourth-order valence-electron chi connectivity index (χ4n) is 3.62. The summed E-state index contributed by atoms with van der Waals surface area (Å²) in [6.45, 7) is 3.68. The molecule has 3 aromatic rings. The number of nitrogens with one attached hydrogen (secondary N) is 2. The van der Waals surface area contributed by atoms with E-state index in [9.17, 15) is 14.4 Å². The number of carbonyl (C=O) groups is 3. The Hall–Kier alpha value is -3.67. The summed E-state index contributed by atoms with van der Waals surface area (Å²) in [5, 5.41) is 3.92. The number of thioether (sulfide) groups is 1. The lowest BCUT2D eigenvalue weighted by Crippen LogP contribution is -2.44. The SMILES string of the molecule is COc1cc(/C=C2/SC(=S)N(NC(=O)c3ccccc3)C2=O)ccc1OCC(=O)Nc1ccc(Br)c(C)c1C. The minimum atomic E-state index is -0.441. The van der Waals surface area contributed by atoms with Crippen LogP contribution >= 0.6 is 39.9 Å². The topological polar surface area (TPSA) is 97.0 Å². The Kier molecular flexibility index (Phi) is 9.05. The summed E-state index contributed by atoms with van der Waals surface area (Å²) >= 11 is 9.86. The molecule has 8 nitrogen and oxygen atoms in total. The number of halogens is 1. The van der Waals surface area contributed by atoms with Crippen LogP contribution in [-0.2, 0) is 9.59 Å². The zero-order valence-electron chi connectivity index (χ0n) is 21.2. The number of nitrogens with zero attached hydrogens (tertiary/aromatic N) is 1. The highest BCUT2D eigenvalue weighted by Crippen LogP contribution is 2.34. The number of benzene rings is 3. The van der Waals surface area contributed by atoms with Crippen molar-refractivity contribution in [2.24, 2.45) is 0 Å². The standard InChI is InChI=1S/C28H24BrN3O5S2/c1-16-17(2)21(11-10-20(16)29)30-25(33)15-37-22-12-9-18(13-23(22)36-3)14-24-27(35)32(28(38)39-24)31-26(34)19-7-5-4-6-8-19/h4-14H,15H2,1-3H3,(H,30,33)(H,31,34)/b24-14+. The highest BCUT2D eigenvalue weighted by molar-refractivity contribution is 9.10. The van der Waals surface area contributed by atoms with Gasteiger partial charge in [-0.2, -0.15) is 5.01 Å². The first-order chi connectivity index (χ1) is 18.7. The van der Waals surface area contributed by atoms with Crippen molar-refractivity contribution in [3.05, 3.63) is 92.3 Å². The van der Waals surface area contributed by atoms with Gasteiger partial charge in [0.2, 0.25) is 0 Å². The van der Waals surface area contributed by atoms with Crippen LogP contribution in [0.2, 0.25) is 0 Å². The molecule has 11 heteroatoms. The van der Waals surface area contributed by atoms with Gasteiger partial charge < -0.3 is 14.8 Å². The molecule has 0 bridgehead atoms. The number of carbonyl (C=O) groups excluding carboxylic acids is 3. The zero-order valence-corrected chi connectivity index (χ0v) is 24.5. The molecule has 1 aliphatic rings. The predicted octanol–water partition coefficient (Wildman–Crippen LogP) is 5.64. The monoisotopic (exact) mass is 625 g/mol. The number of hydrazine groups is 1. The number of rotatable bonds is 8. The molecule has 0 radical (unpaired) electrons. The first-order valence-corrected chi connectivity index (χ1v) is 13.7. The Morgan fingerprint density at radius 1 is 1.05 bits per heavy atom. The van der Waals surface area contributed by atoms with Gasteiger partial charge in [0.25, 0.3) is 17.7 Å². The number of anilines is 1. The maximum absolute atomic E-state index is 12.9. The van der Waals surface area contributed by atoms with Crippen LogP contribution in [0.3, 0.4) is 0 Å². The lowest BCUT2D eigenvalue weighted by Gasteiger charge is -2.15. The molecule has 1 aliphatic heterocycles. The second-order valence-corrected chi connectivity index (χ2v) is 10.9. The Morgan fingerprint density at radius 3 is 2.51 bits per heavy atom. The van der Waals surface area contributed by atoms with E-state index in [-0.39, 0.29) is 16.8 Å². The molecule has 39 heavy (non-hydrogen) atoms. The number of thiocarbonyl (C=S) groups is 1. The van der Waals surface area contributed by atoms with Crippen LogP contribution in [0.15, 0.2) is 70.0 Å². The van der Waals surface area contributed by atoms with Crippen LogP contribution in [0, 0.1) is 13.8 Å². The summed E-state index contributed by atoms with van der Waals surface area (Å²) < 4.78 is 12.3. The first kappa shape index (κ1) is 28.3. The van der Waals surface area contributed by atoms with Gasteiger partial charge in [0, 0.05) is 15.7 Å². The molecule has 1 saturated heterocycles. The smallest absolute Gasteiger partial charge is 0.285 e. The van der Waals surface area contributed by atoms with Crippen molar-refractivity contribution in [3.63, 3.8) is 0 Å². The quantitative estimate of drug-likeness (QED) is 0.247. The van der Waals surface area contributed by atoms with Gasteiger partial charge in [0.15, 0.2) is 22.4 Å². The van der Waals surface area contributed by atoms with Crippen molar-refractivity contribution < 1.29 is 23.9 Å². The van der Waals surface area contributed by atoms with Crippen molar-refractivity contribution in [2.75, 3.05) is 19.0 Å². The molecule has 0 spiro atoms. The Morgan fingerprint density at radius 2 is 1.79 bits per heavy atom. The van der Waals surface area contributed by atoms with Gasteiger partial charge in [-0.15, -0.1) is 0 Å². The lowest BCUT2D eigenvalue weighted by molar-refractivity contribution is -0.123.